The van der Waals surface area contributed by atoms with Crippen LogP contribution < -0.4 is 0 Å². The fraction of sp³-hybridized carbons (Fsp3) is 0.188. The summed E-state index contributed by atoms with van der Waals surface area (Å²) in [4.78, 5) is 11.5. The zero-order valence-electron chi connectivity index (χ0n) is 11.2. The number of hydrogen-bond donors (Lipinski definition) is 0. The van der Waals surface area contributed by atoms with Gasteiger partial charge in [-0.05, 0) is 48.7 Å². The molecule has 0 aliphatic heterocycles. The van der Waals surface area contributed by atoms with Gasteiger partial charge in [0.15, 0.2) is 0 Å². The van der Waals surface area contributed by atoms with E-state index in [0.29, 0.717) is 5.56 Å². The minimum Gasteiger partial charge on any atom is -0.465 e. The van der Waals surface area contributed by atoms with Crippen LogP contribution in [0, 0.1) is 19.7 Å². The Kier molecular flexibility index (Phi) is 3.65. The Labute approximate surface area is 111 Å². The van der Waals surface area contributed by atoms with Gasteiger partial charge in [-0.25, -0.2) is 9.18 Å². The minimum atomic E-state index is -0.537. The van der Waals surface area contributed by atoms with Crippen molar-refractivity contribution in [2.24, 2.45) is 0 Å². The van der Waals surface area contributed by atoms with Crippen LogP contribution in [0.15, 0.2) is 36.4 Å². The van der Waals surface area contributed by atoms with E-state index in [1.807, 2.05) is 32.0 Å². The van der Waals surface area contributed by atoms with Gasteiger partial charge in [0, 0.05) is 0 Å². The number of halogens is 1. The molecular weight excluding hydrogens is 243 g/mol. The zero-order valence-corrected chi connectivity index (χ0v) is 11.2. The summed E-state index contributed by atoms with van der Waals surface area (Å²) in [6.07, 6.45) is 0. The van der Waals surface area contributed by atoms with Crippen molar-refractivity contribution in [1.82, 2.24) is 0 Å². The van der Waals surface area contributed by atoms with Crippen LogP contribution in [-0.2, 0) is 4.74 Å². The maximum atomic E-state index is 13.6. The molecule has 0 atom stereocenters. The van der Waals surface area contributed by atoms with Crippen LogP contribution in [0.2, 0.25) is 0 Å². The Morgan fingerprint density at radius 1 is 1.11 bits per heavy atom. The van der Waals surface area contributed by atoms with Crippen molar-refractivity contribution >= 4 is 5.97 Å². The third-order valence-electron chi connectivity index (χ3n) is 3.01. The number of esters is 1. The van der Waals surface area contributed by atoms with Gasteiger partial charge in [-0.2, -0.15) is 0 Å². The van der Waals surface area contributed by atoms with E-state index in [1.54, 1.807) is 6.07 Å². The van der Waals surface area contributed by atoms with E-state index in [-0.39, 0.29) is 5.56 Å². The SMILES string of the molecule is COC(=O)c1cc(F)cc(-c2ccc(C)cc2C)c1. The molecule has 2 aromatic rings. The van der Waals surface area contributed by atoms with E-state index >= 15 is 0 Å². The second-order valence-electron chi connectivity index (χ2n) is 4.54. The van der Waals surface area contributed by atoms with E-state index in [4.69, 9.17) is 0 Å². The van der Waals surface area contributed by atoms with Gasteiger partial charge < -0.3 is 4.74 Å². The van der Waals surface area contributed by atoms with Crippen molar-refractivity contribution in [3.8, 4) is 11.1 Å². The highest BCUT2D eigenvalue weighted by molar-refractivity contribution is 5.91. The Morgan fingerprint density at radius 2 is 1.84 bits per heavy atom. The van der Waals surface area contributed by atoms with Crippen LogP contribution in [0.4, 0.5) is 4.39 Å². The second kappa shape index (κ2) is 5.22. The van der Waals surface area contributed by atoms with Crippen LogP contribution in [0.3, 0.4) is 0 Å². The number of aryl methyl sites for hydroxylation is 2. The van der Waals surface area contributed by atoms with E-state index in [1.165, 1.54) is 19.2 Å². The Balaban J connectivity index is 2.56. The summed E-state index contributed by atoms with van der Waals surface area (Å²) < 4.78 is 18.2. The summed E-state index contributed by atoms with van der Waals surface area (Å²) in [5.41, 5.74) is 4.00. The quantitative estimate of drug-likeness (QED) is 0.764. The summed E-state index contributed by atoms with van der Waals surface area (Å²) in [5.74, 6) is -0.983. The fourth-order valence-electron chi connectivity index (χ4n) is 2.12. The van der Waals surface area contributed by atoms with E-state index in [2.05, 4.69) is 4.74 Å². The second-order valence-corrected chi connectivity index (χ2v) is 4.54. The summed E-state index contributed by atoms with van der Waals surface area (Å²) in [5, 5.41) is 0. The first-order valence-electron chi connectivity index (χ1n) is 5.98. The lowest BCUT2D eigenvalue weighted by atomic mass is 9.97. The summed E-state index contributed by atoms with van der Waals surface area (Å²) in [7, 11) is 1.28. The Hall–Kier alpha value is -2.16. The van der Waals surface area contributed by atoms with E-state index in [9.17, 15) is 9.18 Å². The molecule has 2 rings (SSSR count). The number of benzene rings is 2. The smallest absolute Gasteiger partial charge is 0.337 e. The molecule has 2 nitrogen and oxygen atoms in total. The van der Waals surface area contributed by atoms with Gasteiger partial charge >= 0.3 is 5.97 Å². The monoisotopic (exact) mass is 258 g/mol. The molecule has 19 heavy (non-hydrogen) atoms. The van der Waals surface area contributed by atoms with Gasteiger partial charge in [0.2, 0.25) is 0 Å². The molecule has 0 spiro atoms. The van der Waals surface area contributed by atoms with Gasteiger partial charge in [0.1, 0.15) is 5.82 Å². The first kappa shape index (κ1) is 13.3. The highest BCUT2D eigenvalue weighted by atomic mass is 19.1. The average Bonchev–Trinajstić information content (AvgIpc) is 2.37. The molecule has 3 heteroatoms. The predicted molar refractivity (Wildman–Crippen MR) is 72.6 cm³/mol. The normalized spacial score (nSPS) is 10.3. The molecule has 0 unspecified atom stereocenters. The van der Waals surface area contributed by atoms with Crippen LogP contribution in [0.1, 0.15) is 21.5 Å². The van der Waals surface area contributed by atoms with Crippen molar-refractivity contribution in [3.63, 3.8) is 0 Å². The Morgan fingerprint density at radius 3 is 2.47 bits per heavy atom. The molecule has 0 bridgehead atoms. The molecule has 98 valence electrons. The molecule has 0 amide bonds. The lowest BCUT2D eigenvalue weighted by molar-refractivity contribution is 0.0600. The lowest BCUT2D eigenvalue weighted by Crippen LogP contribution is -2.02. The van der Waals surface area contributed by atoms with Gasteiger partial charge in [0.25, 0.3) is 0 Å². The highest BCUT2D eigenvalue weighted by Crippen LogP contribution is 2.26. The van der Waals surface area contributed by atoms with Gasteiger partial charge in [-0.1, -0.05) is 23.8 Å². The van der Waals surface area contributed by atoms with Crippen molar-refractivity contribution in [1.29, 1.82) is 0 Å². The molecule has 0 aliphatic rings. The maximum absolute atomic E-state index is 13.6. The average molecular weight is 258 g/mol. The molecule has 0 fully saturated rings. The molecule has 2 aromatic carbocycles. The number of methoxy groups -OCH3 is 1. The van der Waals surface area contributed by atoms with Gasteiger partial charge in [0.05, 0.1) is 12.7 Å². The van der Waals surface area contributed by atoms with E-state index < -0.39 is 11.8 Å². The first-order chi connectivity index (χ1) is 9.01. The third kappa shape index (κ3) is 2.81. The molecule has 0 radical (unpaired) electrons. The van der Waals surface area contributed by atoms with Crippen molar-refractivity contribution in [2.75, 3.05) is 7.11 Å². The Bertz CT molecular complexity index is 633. The first-order valence-corrected chi connectivity index (χ1v) is 5.98. The number of rotatable bonds is 2. The zero-order chi connectivity index (χ0) is 14.0. The molecule has 0 heterocycles. The van der Waals surface area contributed by atoms with Crippen LogP contribution >= 0.6 is 0 Å². The van der Waals surface area contributed by atoms with Gasteiger partial charge in [-0.3, -0.25) is 0 Å². The van der Waals surface area contributed by atoms with Gasteiger partial charge in [-0.15, -0.1) is 0 Å². The number of carbonyl (C=O) groups is 1. The third-order valence-corrected chi connectivity index (χ3v) is 3.01. The molecule has 0 N–H and O–H groups in total. The van der Waals surface area contributed by atoms with E-state index in [0.717, 1.165) is 16.7 Å². The topological polar surface area (TPSA) is 26.3 Å². The van der Waals surface area contributed by atoms with Crippen molar-refractivity contribution in [2.45, 2.75) is 13.8 Å². The largest absolute Gasteiger partial charge is 0.465 e. The molecular formula is C16H15FO2. The fourth-order valence-corrected chi connectivity index (χ4v) is 2.12. The minimum absolute atomic E-state index is 0.220. The summed E-state index contributed by atoms with van der Waals surface area (Å²) >= 11 is 0. The lowest BCUT2D eigenvalue weighted by Gasteiger charge is -2.09. The molecule has 0 aromatic heterocycles. The number of carbonyl (C=O) groups excluding carboxylic acids is 1. The summed E-state index contributed by atoms with van der Waals surface area (Å²) in [6, 6.07) is 10.2. The highest BCUT2D eigenvalue weighted by Gasteiger charge is 2.11. The van der Waals surface area contributed by atoms with Crippen molar-refractivity contribution < 1.29 is 13.9 Å². The molecule has 0 aliphatic carbocycles. The maximum Gasteiger partial charge on any atom is 0.337 e. The van der Waals surface area contributed by atoms with Crippen LogP contribution in [0.25, 0.3) is 11.1 Å². The number of hydrogen-bond acceptors (Lipinski definition) is 2. The molecule has 0 saturated heterocycles. The number of ether oxygens (including phenoxy) is 1. The van der Waals surface area contributed by atoms with Crippen molar-refractivity contribution in [3.05, 3.63) is 58.9 Å². The standard InChI is InChI=1S/C16H15FO2/c1-10-4-5-15(11(2)6-10)12-7-13(16(18)19-3)9-14(17)8-12/h4-9H,1-3H3. The molecule has 0 saturated carbocycles. The predicted octanol–water partition coefficient (Wildman–Crippen LogP) is 3.90. The summed E-state index contributed by atoms with van der Waals surface area (Å²) in [6.45, 7) is 3.97. The van der Waals surface area contributed by atoms with Crippen LogP contribution in [0.5, 0.6) is 0 Å². The van der Waals surface area contributed by atoms with Crippen LogP contribution in [-0.4, -0.2) is 13.1 Å².